The van der Waals surface area contributed by atoms with Crippen LogP contribution in [0.2, 0.25) is 5.02 Å². The van der Waals surface area contributed by atoms with Gasteiger partial charge >= 0.3 is 0 Å². The third-order valence-electron chi connectivity index (χ3n) is 2.49. The Bertz CT molecular complexity index is 480. The summed E-state index contributed by atoms with van der Waals surface area (Å²) in [4.78, 5) is 1.50. The minimum Gasteiger partial charge on any atom is -0.496 e. The molecule has 1 aromatic carbocycles. The Morgan fingerprint density at radius 2 is 2.00 bits per heavy atom. The molecule has 1 heterocycles. The molecule has 4 heteroatoms. The molecule has 0 saturated carbocycles. The second-order valence-electron chi connectivity index (χ2n) is 3.65. The molecule has 0 aliphatic rings. The molecule has 0 fully saturated rings. The Kier molecular flexibility index (Phi) is 4.48. The number of alkyl halides is 1. The van der Waals surface area contributed by atoms with E-state index in [1.807, 2.05) is 23.6 Å². The van der Waals surface area contributed by atoms with Crippen molar-refractivity contribution >= 4 is 38.9 Å². The van der Waals surface area contributed by atoms with Crippen LogP contribution in [0.5, 0.6) is 5.75 Å². The van der Waals surface area contributed by atoms with E-state index in [2.05, 4.69) is 28.1 Å². The fraction of sp³-hybridized carbons (Fsp3) is 0.231. The van der Waals surface area contributed by atoms with E-state index in [9.17, 15) is 0 Å². The minimum atomic E-state index is 0.277. The first-order valence-corrected chi connectivity index (χ1v) is 7.38. The van der Waals surface area contributed by atoms with Gasteiger partial charge in [-0.05, 0) is 35.6 Å². The van der Waals surface area contributed by atoms with Gasteiger partial charge < -0.3 is 4.74 Å². The lowest BCUT2D eigenvalue weighted by Crippen LogP contribution is -1.95. The van der Waals surface area contributed by atoms with Crippen LogP contribution >= 0.6 is 38.9 Å². The number of halogens is 2. The van der Waals surface area contributed by atoms with Crippen molar-refractivity contribution in [3.05, 3.63) is 51.2 Å². The SMILES string of the molecule is COc1ccsc1C(Br)Cc1ccc(Cl)cc1. The lowest BCUT2D eigenvalue weighted by molar-refractivity contribution is 0.412. The molecule has 2 rings (SSSR count). The summed E-state index contributed by atoms with van der Waals surface area (Å²) in [6.45, 7) is 0. The van der Waals surface area contributed by atoms with Crippen LogP contribution in [0.1, 0.15) is 15.3 Å². The molecular weight excluding hydrogens is 320 g/mol. The Hall–Kier alpha value is -0.510. The highest BCUT2D eigenvalue weighted by atomic mass is 79.9. The van der Waals surface area contributed by atoms with Crippen molar-refractivity contribution in [1.29, 1.82) is 0 Å². The maximum absolute atomic E-state index is 5.87. The number of ether oxygens (including phenoxy) is 1. The number of methoxy groups -OCH3 is 1. The summed E-state index contributed by atoms with van der Waals surface area (Å²) in [5.74, 6) is 0.950. The molecule has 1 aromatic heterocycles. The predicted octanol–water partition coefficient (Wildman–Crippen LogP) is 5.09. The zero-order valence-electron chi connectivity index (χ0n) is 9.32. The Morgan fingerprint density at radius 1 is 1.29 bits per heavy atom. The largest absolute Gasteiger partial charge is 0.496 e. The molecule has 1 unspecified atom stereocenters. The Balaban J connectivity index is 2.11. The molecule has 0 N–H and O–H groups in total. The lowest BCUT2D eigenvalue weighted by Gasteiger charge is -2.10. The predicted molar refractivity (Wildman–Crippen MR) is 77.7 cm³/mol. The molecule has 0 radical (unpaired) electrons. The summed E-state index contributed by atoms with van der Waals surface area (Å²) in [5, 5.41) is 2.82. The molecule has 0 aliphatic heterocycles. The smallest absolute Gasteiger partial charge is 0.133 e. The third kappa shape index (κ3) is 3.24. The molecule has 1 nitrogen and oxygen atoms in total. The summed E-state index contributed by atoms with van der Waals surface area (Å²) in [5.41, 5.74) is 1.26. The molecule has 0 saturated heterocycles. The van der Waals surface area contributed by atoms with Gasteiger partial charge in [0.05, 0.1) is 16.8 Å². The first-order valence-electron chi connectivity index (χ1n) is 5.20. The van der Waals surface area contributed by atoms with Crippen LogP contribution in [0.3, 0.4) is 0 Å². The monoisotopic (exact) mass is 330 g/mol. The highest BCUT2D eigenvalue weighted by Gasteiger charge is 2.15. The molecule has 17 heavy (non-hydrogen) atoms. The van der Waals surface area contributed by atoms with Crippen molar-refractivity contribution in [2.24, 2.45) is 0 Å². The summed E-state index contributed by atoms with van der Waals surface area (Å²) >= 11 is 11.3. The maximum Gasteiger partial charge on any atom is 0.133 e. The van der Waals surface area contributed by atoms with Crippen LogP contribution in [-0.4, -0.2) is 7.11 Å². The van der Waals surface area contributed by atoms with E-state index in [0.29, 0.717) is 0 Å². The van der Waals surface area contributed by atoms with Gasteiger partial charge in [-0.2, -0.15) is 0 Å². The Morgan fingerprint density at radius 3 is 2.65 bits per heavy atom. The van der Waals surface area contributed by atoms with Crippen LogP contribution in [0, 0.1) is 0 Å². The quantitative estimate of drug-likeness (QED) is 0.709. The van der Waals surface area contributed by atoms with Crippen molar-refractivity contribution in [2.75, 3.05) is 7.11 Å². The topological polar surface area (TPSA) is 9.23 Å². The van der Waals surface area contributed by atoms with E-state index in [1.165, 1.54) is 10.4 Å². The van der Waals surface area contributed by atoms with Crippen molar-refractivity contribution in [3.8, 4) is 5.75 Å². The fourth-order valence-corrected chi connectivity index (χ4v) is 3.51. The molecule has 2 aromatic rings. The highest BCUT2D eigenvalue weighted by Crippen LogP contribution is 2.37. The van der Waals surface area contributed by atoms with Crippen molar-refractivity contribution in [1.82, 2.24) is 0 Å². The first-order chi connectivity index (χ1) is 8.20. The van der Waals surface area contributed by atoms with Crippen LogP contribution < -0.4 is 4.74 Å². The van der Waals surface area contributed by atoms with E-state index < -0.39 is 0 Å². The van der Waals surface area contributed by atoms with Crippen molar-refractivity contribution < 1.29 is 4.74 Å². The van der Waals surface area contributed by atoms with Crippen molar-refractivity contribution in [2.45, 2.75) is 11.2 Å². The van der Waals surface area contributed by atoms with Gasteiger partial charge in [-0.3, -0.25) is 0 Å². The zero-order chi connectivity index (χ0) is 12.3. The maximum atomic E-state index is 5.87. The van der Waals surface area contributed by atoms with Gasteiger partial charge in [-0.15, -0.1) is 11.3 Å². The number of rotatable bonds is 4. The van der Waals surface area contributed by atoms with Crippen LogP contribution in [-0.2, 0) is 6.42 Å². The standard InChI is InChI=1S/C13H12BrClOS/c1-16-12-6-7-17-13(12)11(14)8-9-2-4-10(15)5-3-9/h2-7,11H,8H2,1H3. The zero-order valence-corrected chi connectivity index (χ0v) is 12.5. The third-order valence-corrected chi connectivity index (χ3v) is 4.84. The summed E-state index contributed by atoms with van der Waals surface area (Å²) in [7, 11) is 1.70. The Labute approximate surface area is 119 Å². The first kappa shape index (κ1) is 12.9. The molecule has 90 valence electrons. The van der Waals surface area contributed by atoms with Gasteiger partial charge in [0, 0.05) is 5.02 Å². The van der Waals surface area contributed by atoms with E-state index in [-0.39, 0.29) is 4.83 Å². The average molecular weight is 332 g/mol. The number of benzene rings is 1. The van der Waals surface area contributed by atoms with Crippen LogP contribution in [0.4, 0.5) is 0 Å². The van der Waals surface area contributed by atoms with Gasteiger partial charge in [0.2, 0.25) is 0 Å². The molecule has 0 spiro atoms. The molecule has 0 bridgehead atoms. The summed E-state index contributed by atoms with van der Waals surface area (Å²) < 4.78 is 5.32. The molecular formula is C13H12BrClOS. The van der Waals surface area contributed by atoms with Gasteiger partial charge in [-0.25, -0.2) is 0 Å². The number of thiophene rings is 1. The average Bonchev–Trinajstić information content (AvgIpc) is 2.80. The van der Waals surface area contributed by atoms with Crippen LogP contribution in [0.15, 0.2) is 35.7 Å². The van der Waals surface area contributed by atoms with Crippen molar-refractivity contribution in [3.63, 3.8) is 0 Å². The van der Waals surface area contributed by atoms with Gasteiger partial charge in [0.15, 0.2) is 0 Å². The van der Waals surface area contributed by atoms with E-state index in [1.54, 1.807) is 18.4 Å². The molecule has 0 aliphatic carbocycles. The molecule has 1 atom stereocenters. The normalized spacial score (nSPS) is 12.4. The number of hydrogen-bond donors (Lipinski definition) is 0. The van der Waals surface area contributed by atoms with E-state index in [4.69, 9.17) is 16.3 Å². The van der Waals surface area contributed by atoms with E-state index >= 15 is 0 Å². The van der Waals surface area contributed by atoms with E-state index in [0.717, 1.165) is 17.2 Å². The minimum absolute atomic E-state index is 0.277. The van der Waals surface area contributed by atoms with Crippen LogP contribution in [0.25, 0.3) is 0 Å². The fourth-order valence-electron chi connectivity index (χ4n) is 1.63. The lowest BCUT2D eigenvalue weighted by atomic mass is 10.1. The van der Waals surface area contributed by atoms with Gasteiger partial charge in [0.25, 0.3) is 0 Å². The van der Waals surface area contributed by atoms with Gasteiger partial charge in [-0.1, -0.05) is 39.7 Å². The summed E-state index contributed by atoms with van der Waals surface area (Å²) in [6.07, 6.45) is 0.925. The summed E-state index contributed by atoms with van der Waals surface area (Å²) in [6, 6.07) is 9.94. The second kappa shape index (κ2) is 5.89. The highest BCUT2D eigenvalue weighted by molar-refractivity contribution is 9.09. The molecule has 0 amide bonds. The number of hydrogen-bond acceptors (Lipinski definition) is 2. The van der Waals surface area contributed by atoms with Gasteiger partial charge in [0.1, 0.15) is 5.75 Å². The second-order valence-corrected chi connectivity index (χ2v) is 6.14.